The number of piperazine rings is 1. The monoisotopic (exact) mass is 392 g/mol. The summed E-state index contributed by atoms with van der Waals surface area (Å²) < 4.78 is 30.1. The van der Waals surface area contributed by atoms with Crippen LogP contribution in [0.3, 0.4) is 0 Å². The van der Waals surface area contributed by atoms with E-state index in [0.29, 0.717) is 31.4 Å². The Hall–Kier alpha value is -2.30. The number of aliphatic carboxylic acids is 1. The molecule has 2 fully saturated rings. The van der Waals surface area contributed by atoms with Gasteiger partial charge in [0.15, 0.2) is 9.84 Å². The molecule has 3 heterocycles. The lowest BCUT2D eigenvalue weighted by atomic mass is 10.0. The molecule has 9 nitrogen and oxygen atoms in total. The lowest BCUT2D eigenvalue weighted by molar-refractivity contribution is -0.140. The summed E-state index contributed by atoms with van der Waals surface area (Å²) in [6, 6.07) is 8.83. The van der Waals surface area contributed by atoms with Crippen LogP contribution < -0.4 is 0 Å². The summed E-state index contributed by atoms with van der Waals surface area (Å²) in [5, 5.41) is 17.2. The first-order valence-electron chi connectivity index (χ1n) is 8.69. The average molecular weight is 392 g/mol. The zero-order valence-corrected chi connectivity index (χ0v) is 15.4. The van der Waals surface area contributed by atoms with Crippen molar-refractivity contribution in [1.29, 1.82) is 0 Å². The van der Waals surface area contributed by atoms with Gasteiger partial charge in [-0.1, -0.05) is 18.2 Å². The fourth-order valence-corrected chi connectivity index (χ4v) is 5.89. The van der Waals surface area contributed by atoms with Crippen LogP contribution in [0.5, 0.6) is 0 Å². The number of hydrogen-bond acceptors (Lipinski definition) is 8. The fraction of sp³-hybridized carbons (Fsp3) is 0.471. The van der Waals surface area contributed by atoms with Gasteiger partial charge in [-0.25, -0.2) is 8.42 Å². The molecule has 2 aliphatic heterocycles. The molecule has 2 aliphatic rings. The summed E-state index contributed by atoms with van der Waals surface area (Å²) in [6.45, 7) is 1.23. The summed E-state index contributed by atoms with van der Waals surface area (Å²) in [6.07, 6.45) is 0. The van der Waals surface area contributed by atoms with Crippen LogP contribution in [0.15, 0.2) is 34.7 Å². The van der Waals surface area contributed by atoms with Gasteiger partial charge >= 0.3 is 5.97 Å². The third kappa shape index (κ3) is 3.87. The topological polar surface area (TPSA) is 117 Å². The van der Waals surface area contributed by atoms with E-state index < -0.39 is 15.8 Å². The molecule has 0 bridgehead atoms. The van der Waals surface area contributed by atoms with Gasteiger partial charge in [-0.2, -0.15) is 0 Å². The van der Waals surface area contributed by atoms with Gasteiger partial charge in [0.05, 0.1) is 24.6 Å². The van der Waals surface area contributed by atoms with Crippen molar-refractivity contribution in [3.05, 3.63) is 36.2 Å². The molecule has 0 spiro atoms. The second-order valence-electron chi connectivity index (χ2n) is 6.91. The van der Waals surface area contributed by atoms with Crippen molar-refractivity contribution < 1.29 is 22.7 Å². The molecule has 1 aromatic heterocycles. The Bertz CT molecular complexity index is 930. The first-order chi connectivity index (χ1) is 12.9. The molecular weight excluding hydrogens is 372 g/mol. The van der Waals surface area contributed by atoms with Gasteiger partial charge in [0.25, 0.3) is 0 Å². The number of sulfone groups is 1. The van der Waals surface area contributed by atoms with Gasteiger partial charge in [0.2, 0.25) is 11.8 Å². The van der Waals surface area contributed by atoms with E-state index in [9.17, 15) is 13.2 Å². The highest BCUT2D eigenvalue weighted by molar-refractivity contribution is 7.91. The number of aromatic nitrogens is 2. The molecule has 27 heavy (non-hydrogen) atoms. The maximum Gasteiger partial charge on any atom is 0.317 e. The van der Waals surface area contributed by atoms with Crippen molar-refractivity contribution in [1.82, 2.24) is 20.0 Å². The SMILES string of the molecule is O=C(O)CN1CCN(Cc2nnc(-c3ccccc3)o2)[C@H]2CS(=O)(=O)C[C@H]21. The second kappa shape index (κ2) is 7.02. The van der Waals surface area contributed by atoms with Crippen LogP contribution >= 0.6 is 0 Å². The van der Waals surface area contributed by atoms with Crippen molar-refractivity contribution in [3.8, 4) is 11.5 Å². The molecule has 0 amide bonds. The molecule has 2 atom stereocenters. The van der Waals surface area contributed by atoms with E-state index >= 15 is 0 Å². The highest BCUT2D eigenvalue weighted by Gasteiger charge is 2.47. The number of benzene rings is 1. The van der Waals surface area contributed by atoms with Gasteiger partial charge in [-0.15, -0.1) is 10.2 Å². The largest absolute Gasteiger partial charge is 0.480 e. The predicted molar refractivity (Wildman–Crippen MR) is 95.6 cm³/mol. The molecule has 1 aromatic carbocycles. The molecule has 10 heteroatoms. The standard InChI is InChI=1S/C17H20N4O5S/c22-16(23)9-21-7-6-20(13-10-27(24,25)11-14(13)21)8-15-18-19-17(26-15)12-4-2-1-3-5-12/h1-5,13-14H,6-11H2,(H,22,23)/t13-,14+/m0/s1. The van der Waals surface area contributed by atoms with Gasteiger partial charge in [0, 0.05) is 30.7 Å². The number of carbonyl (C=O) groups is 1. The maximum absolute atomic E-state index is 12.2. The zero-order valence-electron chi connectivity index (χ0n) is 14.6. The van der Waals surface area contributed by atoms with E-state index in [1.165, 1.54) is 0 Å². The van der Waals surface area contributed by atoms with Crippen molar-refractivity contribution in [2.45, 2.75) is 18.6 Å². The summed E-state index contributed by atoms with van der Waals surface area (Å²) >= 11 is 0. The summed E-state index contributed by atoms with van der Waals surface area (Å²) in [7, 11) is -3.20. The fourth-order valence-electron chi connectivity index (χ4n) is 3.85. The van der Waals surface area contributed by atoms with Crippen LogP contribution in [-0.4, -0.2) is 82.7 Å². The van der Waals surface area contributed by atoms with Crippen molar-refractivity contribution in [3.63, 3.8) is 0 Å². The Morgan fingerprint density at radius 1 is 1.11 bits per heavy atom. The molecule has 2 aromatic rings. The van der Waals surface area contributed by atoms with Crippen molar-refractivity contribution in [2.75, 3.05) is 31.1 Å². The highest BCUT2D eigenvalue weighted by Crippen LogP contribution is 2.28. The Balaban J connectivity index is 1.51. The Kier molecular flexibility index (Phi) is 4.70. The number of hydrogen-bond donors (Lipinski definition) is 1. The minimum atomic E-state index is -3.20. The summed E-state index contributed by atoms with van der Waals surface area (Å²) in [4.78, 5) is 14.8. The Morgan fingerprint density at radius 3 is 2.48 bits per heavy atom. The molecule has 0 radical (unpaired) electrons. The average Bonchev–Trinajstić information content (AvgIpc) is 3.21. The summed E-state index contributed by atoms with van der Waals surface area (Å²) in [5.74, 6) is -0.0984. The third-order valence-corrected chi connectivity index (χ3v) is 6.77. The second-order valence-corrected chi connectivity index (χ2v) is 9.07. The van der Waals surface area contributed by atoms with Crippen LogP contribution in [0, 0.1) is 0 Å². The molecule has 1 N–H and O–H groups in total. The molecular formula is C17H20N4O5S. The first-order valence-corrected chi connectivity index (χ1v) is 10.5. The van der Waals surface area contributed by atoms with E-state index in [0.717, 1.165) is 5.56 Å². The smallest absolute Gasteiger partial charge is 0.317 e. The van der Waals surface area contributed by atoms with E-state index in [1.54, 1.807) is 4.90 Å². The normalized spacial score (nSPS) is 25.3. The molecule has 144 valence electrons. The number of rotatable bonds is 5. The third-order valence-electron chi connectivity index (χ3n) is 5.07. The van der Waals surface area contributed by atoms with E-state index in [2.05, 4.69) is 10.2 Å². The van der Waals surface area contributed by atoms with Gasteiger partial charge in [-0.3, -0.25) is 14.6 Å². The maximum atomic E-state index is 12.2. The van der Waals surface area contributed by atoms with Gasteiger partial charge in [-0.05, 0) is 12.1 Å². The quantitative estimate of drug-likeness (QED) is 0.756. The minimum absolute atomic E-state index is 0.0133. The predicted octanol–water partition coefficient (Wildman–Crippen LogP) is 0.104. The minimum Gasteiger partial charge on any atom is -0.480 e. The van der Waals surface area contributed by atoms with Gasteiger partial charge < -0.3 is 9.52 Å². The Labute approximate surface area is 156 Å². The number of nitrogens with zero attached hydrogens (tertiary/aromatic N) is 4. The van der Waals surface area contributed by atoms with E-state index in [4.69, 9.17) is 9.52 Å². The zero-order chi connectivity index (χ0) is 19.0. The lowest BCUT2D eigenvalue weighted by Gasteiger charge is -2.42. The van der Waals surface area contributed by atoms with Crippen LogP contribution in [-0.2, 0) is 21.2 Å². The van der Waals surface area contributed by atoms with Crippen molar-refractivity contribution in [2.24, 2.45) is 0 Å². The molecule has 0 saturated carbocycles. The van der Waals surface area contributed by atoms with E-state index in [1.807, 2.05) is 35.2 Å². The van der Waals surface area contributed by atoms with Crippen LogP contribution in [0.4, 0.5) is 0 Å². The molecule has 0 aliphatic carbocycles. The highest BCUT2D eigenvalue weighted by atomic mass is 32.2. The lowest BCUT2D eigenvalue weighted by Crippen LogP contribution is -2.59. The summed E-state index contributed by atoms with van der Waals surface area (Å²) in [5.41, 5.74) is 0.823. The van der Waals surface area contributed by atoms with Crippen LogP contribution in [0.25, 0.3) is 11.5 Å². The van der Waals surface area contributed by atoms with Crippen LogP contribution in [0.2, 0.25) is 0 Å². The van der Waals surface area contributed by atoms with E-state index in [-0.39, 0.29) is 30.1 Å². The first kappa shape index (κ1) is 18.1. The number of carboxylic acids is 1. The Morgan fingerprint density at radius 2 is 1.78 bits per heavy atom. The van der Waals surface area contributed by atoms with Crippen molar-refractivity contribution >= 4 is 15.8 Å². The number of carboxylic acid groups (broad SMARTS) is 1. The molecule has 2 saturated heterocycles. The molecule has 4 rings (SSSR count). The molecule has 0 unspecified atom stereocenters. The van der Waals surface area contributed by atoms with Gasteiger partial charge in [0.1, 0.15) is 0 Å². The van der Waals surface area contributed by atoms with Crippen LogP contribution in [0.1, 0.15) is 5.89 Å². The number of fused-ring (bicyclic) bond motifs is 1.